The first kappa shape index (κ1) is 26.4. The Morgan fingerprint density at radius 3 is 2.61 bits per heavy atom. The van der Waals surface area contributed by atoms with Gasteiger partial charge in [0.2, 0.25) is 0 Å². The van der Waals surface area contributed by atoms with Crippen LogP contribution in [0.15, 0.2) is 36.5 Å². The van der Waals surface area contributed by atoms with Crippen LogP contribution in [0.3, 0.4) is 0 Å². The number of nitrogens with two attached hydrogens (primary N) is 1. The molecule has 3 aliphatic rings. The molecule has 4 aromatic rings. The predicted octanol–water partition coefficient (Wildman–Crippen LogP) is 5.42. The molecule has 7 rings (SSSR count). The van der Waals surface area contributed by atoms with Gasteiger partial charge in [-0.05, 0) is 79.7 Å². The van der Waals surface area contributed by atoms with Crippen molar-refractivity contribution >= 4 is 28.0 Å². The largest absolute Gasteiger partial charge is 0.494 e. The maximum Gasteiger partial charge on any atom is 0.254 e. The summed E-state index contributed by atoms with van der Waals surface area (Å²) < 4.78 is 24.9. The highest BCUT2D eigenvalue weighted by Crippen LogP contribution is 2.47. The van der Waals surface area contributed by atoms with Gasteiger partial charge in [0.15, 0.2) is 5.82 Å². The fourth-order valence-electron chi connectivity index (χ4n) is 7.21. The van der Waals surface area contributed by atoms with Gasteiger partial charge in [0.25, 0.3) is 5.91 Å². The third kappa shape index (κ3) is 4.88. The number of aromatic nitrogens is 4. The molecule has 0 bridgehead atoms. The van der Waals surface area contributed by atoms with E-state index in [1.807, 2.05) is 18.3 Å². The number of nitrogens with zero attached hydrogens (tertiary/aromatic N) is 5. The molecule has 0 radical (unpaired) electrons. The Kier molecular flexibility index (Phi) is 6.34. The summed E-state index contributed by atoms with van der Waals surface area (Å²) in [4.78, 5) is 25.0. The highest BCUT2D eigenvalue weighted by molar-refractivity contribution is 6.00. The standard InChI is InChI=1S/C32H39FN6O2/c1-32(2)13-20(14-32)16-39-28-25(9-22(11-27(28)41-3)31(40)37-17-23(33)12-24(34)18-37)36-30(39)26-10-21-5-4-8-35-29(21)38(26)15-19-6-7-19/h4-5,8-11,19-20,23-24H,6-7,12-18,34H2,1-3H3/t23-,24-/m1/s1. The second kappa shape index (κ2) is 9.82. The molecule has 8 nitrogen and oxygen atoms in total. The number of hydrogen-bond donors (Lipinski definition) is 1. The van der Waals surface area contributed by atoms with Crippen LogP contribution < -0.4 is 10.5 Å². The van der Waals surface area contributed by atoms with Crippen molar-refractivity contribution < 1.29 is 13.9 Å². The van der Waals surface area contributed by atoms with Gasteiger partial charge >= 0.3 is 0 Å². The Labute approximate surface area is 239 Å². The lowest BCUT2D eigenvalue weighted by Crippen LogP contribution is -2.50. The van der Waals surface area contributed by atoms with E-state index < -0.39 is 6.17 Å². The van der Waals surface area contributed by atoms with Crippen LogP contribution in [-0.4, -0.2) is 62.3 Å². The molecule has 4 heterocycles. The number of benzene rings is 1. The van der Waals surface area contributed by atoms with Crippen molar-refractivity contribution in [2.45, 2.75) is 71.3 Å². The normalized spacial score (nSPS) is 22.8. The molecule has 41 heavy (non-hydrogen) atoms. The zero-order valence-electron chi connectivity index (χ0n) is 24.1. The van der Waals surface area contributed by atoms with E-state index in [4.69, 9.17) is 20.4 Å². The number of rotatable bonds is 7. The molecular formula is C32H39FN6O2. The molecule has 2 atom stereocenters. The van der Waals surface area contributed by atoms with E-state index in [0.717, 1.165) is 54.0 Å². The van der Waals surface area contributed by atoms with Crippen molar-refractivity contribution in [3.63, 3.8) is 0 Å². The van der Waals surface area contributed by atoms with Gasteiger partial charge in [-0.3, -0.25) is 4.79 Å². The molecule has 3 fully saturated rings. The number of fused-ring (bicyclic) bond motifs is 2. The fraction of sp³-hybridized carbons (Fsp3) is 0.531. The van der Waals surface area contributed by atoms with Gasteiger partial charge in [0.05, 0.1) is 24.9 Å². The number of halogens is 1. The van der Waals surface area contributed by atoms with Crippen LogP contribution in [0, 0.1) is 17.3 Å². The Balaban J connectivity index is 1.37. The molecule has 2 aliphatic carbocycles. The van der Waals surface area contributed by atoms with Gasteiger partial charge in [0, 0.05) is 42.8 Å². The van der Waals surface area contributed by atoms with Crippen LogP contribution in [0.5, 0.6) is 5.75 Å². The van der Waals surface area contributed by atoms with E-state index in [2.05, 4.69) is 35.1 Å². The summed E-state index contributed by atoms with van der Waals surface area (Å²) in [6, 6.07) is 9.53. The number of imidazole rings is 1. The first-order valence-electron chi connectivity index (χ1n) is 14.9. The molecule has 0 unspecified atom stereocenters. The van der Waals surface area contributed by atoms with E-state index >= 15 is 0 Å². The van der Waals surface area contributed by atoms with Crippen LogP contribution in [0.25, 0.3) is 33.6 Å². The number of methoxy groups -OCH3 is 1. The number of carbonyl (C=O) groups is 1. The lowest BCUT2D eigenvalue weighted by atomic mass is 9.64. The zero-order chi connectivity index (χ0) is 28.5. The number of pyridine rings is 1. The first-order valence-corrected chi connectivity index (χ1v) is 14.9. The molecule has 2 N–H and O–H groups in total. The lowest BCUT2D eigenvalue weighted by Gasteiger charge is -2.43. The summed E-state index contributed by atoms with van der Waals surface area (Å²) in [6.45, 7) is 6.77. The van der Waals surface area contributed by atoms with Crippen LogP contribution in [-0.2, 0) is 13.1 Å². The highest BCUT2D eigenvalue weighted by Gasteiger charge is 2.37. The Bertz CT molecular complexity index is 1620. The van der Waals surface area contributed by atoms with Crippen molar-refractivity contribution in [2.24, 2.45) is 23.0 Å². The molecule has 1 aliphatic heterocycles. The minimum atomic E-state index is -1.12. The molecule has 1 saturated heterocycles. The summed E-state index contributed by atoms with van der Waals surface area (Å²) in [5, 5.41) is 1.09. The van der Waals surface area contributed by atoms with E-state index in [1.165, 1.54) is 17.7 Å². The smallest absolute Gasteiger partial charge is 0.254 e. The Morgan fingerprint density at radius 2 is 1.90 bits per heavy atom. The summed E-state index contributed by atoms with van der Waals surface area (Å²) in [5.74, 6) is 2.42. The van der Waals surface area contributed by atoms with Crippen molar-refractivity contribution in [2.75, 3.05) is 20.2 Å². The van der Waals surface area contributed by atoms with Crippen LogP contribution >= 0.6 is 0 Å². The molecule has 1 amide bonds. The lowest BCUT2D eigenvalue weighted by molar-refractivity contribution is 0.0606. The molecular weight excluding hydrogens is 519 g/mol. The fourth-order valence-corrected chi connectivity index (χ4v) is 7.21. The minimum absolute atomic E-state index is 0.0539. The number of alkyl halides is 1. The number of likely N-dealkylation sites (tertiary alicyclic amines) is 1. The van der Waals surface area contributed by atoms with Gasteiger partial charge in [0.1, 0.15) is 23.1 Å². The number of amides is 1. The second-order valence-corrected chi connectivity index (χ2v) is 13.3. The summed E-state index contributed by atoms with van der Waals surface area (Å²) in [5.41, 5.74) is 10.4. The van der Waals surface area contributed by atoms with E-state index in [-0.39, 0.29) is 24.9 Å². The topological polar surface area (TPSA) is 91.2 Å². The van der Waals surface area contributed by atoms with Crippen LogP contribution in [0.2, 0.25) is 0 Å². The van der Waals surface area contributed by atoms with Gasteiger partial charge < -0.3 is 24.5 Å². The first-order chi connectivity index (χ1) is 19.7. The summed E-state index contributed by atoms with van der Waals surface area (Å²) in [7, 11) is 1.63. The van der Waals surface area contributed by atoms with Crippen LogP contribution in [0.4, 0.5) is 4.39 Å². The van der Waals surface area contributed by atoms with Gasteiger partial charge in [-0.1, -0.05) is 13.8 Å². The quantitative estimate of drug-likeness (QED) is 0.327. The van der Waals surface area contributed by atoms with Gasteiger partial charge in [-0.2, -0.15) is 0 Å². The van der Waals surface area contributed by atoms with Gasteiger partial charge in [-0.25, -0.2) is 14.4 Å². The molecule has 3 aromatic heterocycles. The zero-order valence-corrected chi connectivity index (χ0v) is 24.1. The average molecular weight is 559 g/mol. The van der Waals surface area contributed by atoms with Crippen molar-refractivity contribution in [3.05, 3.63) is 42.1 Å². The number of ether oxygens (including phenoxy) is 1. The maximum atomic E-state index is 14.3. The predicted molar refractivity (Wildman–Crippen MR) is 158 cm³/mol. The maximum absolute atomic E-state index is 14.3. The SMILES string of the molecule is COc1cc(C(=O)N2C[C@H](N)C[C@@H](F)C2)cc2nc(-c3cc4cccnc4n3CC3CC3)n(CC3CC(C)(C)C3)c12. The monoisotopic (exact) mass is 558 g/mol. The third-order valence-electron chi connectivity index (χ3n) is 9.14. The highest BCUT2D eigenvalue weighted by atomic mass is 19.1. The molecule has 0 spiro atoms. The number of carbonyl (C=O) groups excluding carboxylic acids is 1. The van der Waals surface area contributed by atoms with E-state index in [1.54, 1.807) is 13.2 Å². The molecule has 216 valence electrons. The van der Waals surface area contributed by atoms with E-state index in [9.17, 15) is 9.18 Å². The second-order valence-electron chi connectivity index (χ2n) is 13.3. The number of piperidine rings is 1. The van der Waals surface area contributed by atoms with Crippen LogP contribution in [0.1, 0.15) is 56.3 Å². The summed E-state index contributed by atoms with van der Waals surface area (Å²) >= 11 is 0. The Morgan fingerprint density at radius 1 is 1.12 bits per heavy atom. The van der Waals surface area contributed by atoms with Crippen molar-refractivity contribution in [3.8, 4) is 17.3 Å². The molecule has 2 saturated carbocycles. The minimum Gasteiger partial charge on any atom is -0.494 e. The number of hydrogen-bond acceptors (Lipinski definition) is 5. The van der Waals surface area contributed by atoms with Crippen molar-refractivity contribution in [1.82, 2.24) is 24.0 Å². The third-order valence-corrected chi connectivity index (χ3v) is 9.14. The van der Waals surface area contributed by atoms with Crippen molar-refractivity contribution in [1.29, 1.82) is 0 Å². The van der Waals surface area contributed by atoms with Gasteiger partial charge in [-0.15, -0.1) is 0 Å². The Hall–Kier alpha value is -3.46. The average Bonchev–Trinajstić information content (AvgIpc) is 3.57. The van der Waals surface area contributed by atoms with E-state index in [0.29, 0.717) is 40.6 Å². The molecule has 9 heteroatoms. The summed E-state index contributed by atoms with van der Waals surface area (Å²) in [6.07, 6.45) is 5.78. The molecule has 1 aromatic carbocycles.